The lowest BCUT2D eigenvalue weighted by Gasteiger charge is -2.17. The molecule has 0 fully saturated rings. The van der Waals surface area contributed by atoms with Gasteiger partial charge in [0.15, 0.2) is 0 Å². The van der Waals surface area contributed by atoms with Gasteiger partial charge in [0.2, 0.25) is 0 Å². The van der Waals surface area contributed by atoms with Crippen molar-refractivity contribution in [2.24, 2.45) is 0 Å². The Bertz CT molecular complexity index is 1550. The first-order chi connectivity index (χ1) is 19.9. The smallest absolute Gasteiger partial charge is 0.405 e. The number of hydrogen-bond acceptors (Lipinski definition) is 2. The third-order valence-electron chi connectivity index (χ3n) is 5.70. The van der Waals surface area contributed by atoms with Crippen molar-refractivity contribution in [3.63, 3.8) is 0 Å². The van der Waals surface area contributed by atoms with Gasteiger partial charge >= 0.3 is 12.7 Å². The van der Waals surface area contributed by atoms with E-state index in [9.17, 15) is 26.3 Å². The summed E-state index contributed by atoms with van der Waals surface area (Å²) in [5, 5.41) is 0. The van der Waals surface area contributed by atoms with Gasteiger partial charge in [-0.05, 0) is 258 Å². The molecule has 4 aromatic carbocycles. The van der Waals surface area contributed by atoms with Gasteiger partial charge in [-0.25, -0.2) is 0 Å². The molecule has 0 saturated heterocycles. The Morgan fingerprint density at radius 1 is 0.465 bits per heavy atom. The topological polar surface area (TPSA) is 18.5 Å². The van der Waals surface area contributed by atoms with E-state index in [0.29, 0.717) is 20.7 Å². The zero-order chi connectivity index (χ0) is 32.0. The fraction of sp³-hybridized carbons (Fsp3) is 0.111. The molecule has 0 spiro atoms. The largest absolute Gasteiger partial charge is 0.573 e. The molecule has 0 heterocycles. The summed E-state index contributed by atoms with van der Waals surface area (Å²) in [6, 6.07) is 14.3. The van der Waals surface area contributed by atoms with E-state index in [1.165, 1.54) is 12.1 Å². The SMILES string of the molecule is FC(F)(F)Oc1ccc(-c2c(I)cc(Cc3cc(I)c(-c4ccc(OC(F)(F)F)c(I)c4I)c(I)c3)cc2I)c(I)c1I. The molecule has 2 nitrogen and oxygen atoms in total. The van der Waals surface area contributed by atoms with Crippen molar-refractivity contribution in [3.05, 3.63) is 88.2 Å². The third-order valence-corrected chi connectivity index (χ3v) is 15.5. The van der Waals surface area contributed by atoms with Crippen LogP contribution in [0, 0.1) is 28.6 Å². The number of ether oxygens (including phenoxy) is 2. The minimum Gasteiger partial charge on any atom is -0.405 e. The first-order valence-electron chi connectivity index (χ1n) is 11.3. The van der Waals surface area contributed by atoms with Gasteiger partial charge in [0.25, 0.3) is 0 Å². The molecule has 0 amide bonds. The maximum atomic E-state index is 12.8. The van der Waals surface area contributed by atoms with Crippen LogP contribution in [-0.2, 0) is 6.42 Å². The van der Waals surface area contributed by atoms with Crippen LogP contribution in [0.3, 0.4) is 0 Å². The van der Waals surface area contributed by atoms with Crippen LogP contribution in [0.15, 0.2) is 48.5 Å². The van der Waals surface area contributed by atoms with Gasteiger partial charge in [0.1, 0.15) is 11.5 Å². The van der Waals surface area contributed by atoms with E-state index in [2.05, 4.69) is 169 Å². The highest BCUT2D eigenvalue weighted by Crippen LogP contribution is 2.42. The predicted molar refractivity (Wildman–Crippen MR) is 222 cm³/mol. The van der Waals surface area contributed by atoms with Gasteiger partial charge in [0, 0.05) is 32.5 Å². The molecule has 0 atom stereocenters. The van der Waals surface area contributed by atoms with Crippen LogP contribution < -0.4 is 9.47 Å². The lowest BCUT2D eigenvalue weighted by atomic mass is 9.98. The Hall–Kier alpha value is 1.90. The van der Waals surface area contributed by atoms with Crippen LogP contribution in [0.25, 0.3) is 22.3 Å². The molecule has 0 aliphatic rings. The first kappa shape index (κ1) is 37.7. The minimum absolute atomic E-state index is 0.231. The zero-order valence-electron chi connectivity index (χ0n) is 20.4. The van der Waals surface area contributed by atoms with E-state index in [1.807, 2.05) is 45.2 Å². The van der Waals surface area contributed by atoms with Crippen molar-refractivity contribution in [2.75, 3.05) is 0 Å². The third kappa shape index (κ3) is 9.54. The van der Waals surface area contributed by atoms with Gasteiger partial charge in [-0.2, -0.15) is 0 Å². The highest BCUT2D eigenvalue weighted by atomic mass is 127. The van der Waals surface area contributed by atoms with Crippen molar-refractivity contribution in [1.29, 1.82) is 0 Å². The monoisotopic (exact) mass is 1500 g/mol. The van der Waals surface area contributed by atoms with E-state index in [-0.39, 0.29) is 11.5 Å². The molecule has 228 valence electrons. The molecule has 16 heteroatoms. The molecule has 0 N–H and O–H groups in total. The molecular formula is C27H10F6I8O2. The van der Waals surface area contributed by atoms with Crippen molar-refractivity contribution in [1.82, 2.24) is 0 Å². The van der Waals surface area contributed by atoms with Crippen molar-refractivity contribution in [2.45, 2.75) is 19.1 Å². The van der Waals surface area contributed by atoms with Gasteiger partial charge in [-0.15, -0.1) is 26.3 Å². The van der Waals surface area contributed by atoms with Crippen LogP contribution in [-0.4, -0.2) is 12.7 Å². The molecule has 4 aromatic rings. The van der Waals surface area contributed by atoms with Gasteiger partial charge in [-0.3, -0.25) is 0 Å². The van der Waals surface area contributed by atoms with Crippen molar-refractivity contribution < 1.29 is 35.8 Å². The summed E-state index contributed by atoms with van der Waals surface area (Å²) in [6.45, 7) is 0. The van der Waals surface area contributed by atoms with E-state index in [1.54, 1.807) is 12.1 Å². The maximum absolute atomic E-state index is 12.8. The zero-order valence-corrected chi connectivity index (χ0v) is 37.7. The number of hydrogen-bond donors (Lipinski definition) is 0. The van der Waals surface area contributed by atoms with Crippen LogP contribution in [0.4, 0.5) is 26.3 Å². The van der Waals surface area contributed by atoms with E-state index < -0.39 is 12.7 Å². The Morgan fingerprint density at radius 2 is 0.767 bits per heavy atom. The molecule has 4 rings (SSSR count). The van der Waals surface area contributed by atoms with Crippen LogP contribution in [0.2, 0.25) is 0 Å². The quantitative estimate of drug-likeness (QED) is 0.141. The molecule has 0 aromatic heterocycles. The summed E-state index contributed by atoms with van der Waals surface area (Å²) in [7, 11) is 0. The average molecular weight is 1500 g/mol. The molecule has 0 radical (unpaired) electrons. The second-order valence-electron chi connectivity index (χ2n) is 8.62. The Balaban J connectivity index is 1.65. The Kier molecular flexibility index (Phi) is 13.3. The maximum Gasteiger partial charge on any atom is 0.573 e. The fourth-order valence-electron chi connectivity index (χ4n) is 4.06. The molecule has 0 bridgehead atoms. The molecule has 0 aliphatic heterocycles. The van der Waals surface area contributed by atoms with E-state index >= 15 is 0 Å². The summed E-state index contributed by atoms with van der Waals surface area (Å²) >= 11 is 16.9. The summed E-state index contributed by atoms with van der Waals surface area (Å²) in [4.78, 5) is 0. The van der Waals surface area contributed by atoms with Crippen LogP contribution >= 0.6 is 181 Å². The second-order valence-corrected chi connectivity index (χ2v) is 17.6. The number of alkyl halides is 6. The Morgan fingerprint density at radius 3 is 1.05 bits per heavy atom. The number of halogens is 14. The lowest BCUT2D eigenvalue weighted by Crippen LogP contribution is -2.18. The second kappa shape index (κ2) is 15.2. The number of benzene rings is 4. The predicted octanol–water partition coefficient (Wildman–Crippen LogP) is 13.2. The number of rotatable bonds is 6. The van der Waals surface area contributed by atoms with Crippen LogP contribution in [0.5, 0.6) is 11.5 Å². The molecule has 0 saturated carbocycles. The summed E-state index contributed by atoms with van der Waals surface area (Å²) in [5.74, 6) is -0.462. The standard InChI is InChI=1S/C27H10F6I8O2/c28-26(29,30)42-18-3-1-12(22(38)24(18)40)20-14(34)6-10(7-15(20)35)5-11-8-16(36)21(17(37)9-11)13-2-4-19(25(41)23(13)39)43-27(31,32)33/h1-4,6-9H,5H2. The highest BCUT2D eigenvalue weighted by Gasteiger charge is 2.33. The first-order valence-corrected chi connectivity index (χ1v) is 19.9. The lowest BCUT2D eigenvalue weighted by molar-refractivity contribution is -0.276. The normalized spacial score (nSPS) is 12.0. The van der Waals surface area contributed by atoms with Crippen molar-refractivity contribution >= 4 is 181 Å². The highest BCUT2D eigenvalue weighted by molar-refractivity contribution is 14.1. The van der Waals surface area contributed by atoms with Gasteiger partial charge in [0.05, 0.1) is 7.14 Å². The van der Waals surface area contributed by atoms with Crippen LogP contribution in [0.1, 0.15) is 11.1 Å². The molecule has 0 aliphatic carbocycles. The molecule has 43 heavy (non-hydrogen) atoms. The fourth-order valence-corrected chi connectivity index (χ4v) is 11.6. The average Bonchev–Trinajstić information content (AvgIpc) is 2.85. The Labute approximate surface area is 351 Å². The van der Waals surface area contributed by atoms with Gasteiger partial charge < -0.3 is 9.47 Å². The summed E-state index contributed by atoms with van der Waals surface area (Å²) in [5.41, 5.74) is 5.65. The molecule has 0 unspecified atom stereocenters. The van der Waals surface area contributed by atoms with Gasteiger partial charge in [-0.1, -0.05) is 0 Å². The molecular weight excluding hydrogens is 1490 g/mol. The van der Waals surface area contributed by atoms with Crippen molar-refractivity contribution in [3.8, 4) is 33.8 Å². The minimum atomic E-state index is -4.77. The van der Waals surface area contributed by atoms with E-state index in [0.717, 1.165) is 47.7 Å². The van der Waals surface area contributed by atoms with E-state index in [4.69, 9.17) is 0 Å². The summed E-state index contributed by atoms with van der Waals surface area (Å²) in [6.07, 6.45) is -8.90. The summed E-state index contributed by atoms with van der Waals surface area (Å²) < 4.78 is 91.2.